The highest BCUT2D eigenvalue weighted by Crippen LogP contribution is 2.35. The summed E-state index contributed by atoms with van der Waals surface area (Å²) in [5.74, 6) is 1.73. The minimum atomic E-state index is -0.219. The van der Waals surface area contributed by atoms with Gasteiger partial charge < -0.3 is 19.2 Å². The fraction of sp³-hybridized carbons (Fsp3) is 0.250. The molecule has 1 amide bonds. The lowest BCUT2D eigenvalue weighted by molar-refractivity contribution is -0.113. The quantitative estimate of drug-likeness (QED) is 0.344. The second kappa shape index (κ2) is 10.1. The van der Waals surface area contributed by atoms with Crippen LogP contribution in [0.4, 0.5) is 5.13 Å². The zero-order valence-corrected chi connectivity index (χ0v) is 19.9. The Kier molecular flexibility index (Phi) is 7.02. The van der Waals surface area contributed by atoms with E-state index in [1.807, 2.05) is 35.9 Å². The number of ether oxygens (including phenoxy) is 2. The fourth-order valence-corrected chi connectivity index (χ4v) is 4.68. The first-order valence-corrected chi connectivity index (χ1v) is 12.1. The van der Waals surface area contributed by atoms with Crippen molar-refractivity contribution >= 4 is 45.5 Å². The van der Waals surface area contributed by atoms with Crippen molar-refractivity contribution in [2.75, 3.05) is 25.3 Å². The molecule has 4 aromatic rings. The maximum Gasteiger partial charge on any atom is 0.277 e. The highest BCUT2D eigenvalue weighted by Gasteiger charge is 2.15. The minimum Gasteiger partial charge on any atom is -0.497 e. The number of benzene rings is 1. The maximum absolute atomic E-state index is 12.3. The molecule has 0 saturated heterocycles. The van der Waals surface area contributed by atoms with Gasteiger partial charge in [-0.15, -0.1) is 32.9 Å². The molecule has 9 nitrogen and oxygen atoms in total. The molecule has 3 aromatic heterocycles. The van der Waals surface area contributed by atoms with E-state index in [1.165, 1.54) is 23.1 Å². The summed E-state index contributed by atoms with van der Waals surface area (Å²) >= 11 is 4.07. The van der Waals surface area contributed by atoms with E-state index in [1.54, 1.807) is 25.6 Å². The SMILES string of the molecule is COc1ccc(OC)c(-c2csc(NC(=O)CSc3nnc(Cc4csc(C)n4)o3)n2)c1. The number of carbonyl (C=O) groups excluding carboxylic acids is 1. The summed E-state index contributed by atoms with van der Waals surface area (Å²) < 4.78 is 16.3. The molecule has 0 aliphatic carbocycles. The smallest absolute Gasteiger partial charge is 0.277 e. The van der Waals surface area contributed by atoms with Gasteiger partial charge >= 0.3 is 0 Å². The van der Waals surface area contributed by atoms with E-state index in [0.717, 1.165) is 16.3 Å². The number of thioether (sulfide) groups is 1. The lowest BCUT2D eigenvalue weighted by atomic mass is 10.1. The summed E-state index contributed by atoms with van der Waals surface area (Å²) in [6, 6.07) is 5.47. The summed E-state index contributed by atoms with van der Waals surface area (Å²) in [6.07, 6.45) is 0.472. The molecule has 0 spiro atoms. The third-order valence-corrected chi connectivity index (χ3v) is 6.61. The van der Waals surface area contributed by atoms with Gasteiger partial charge in [-0.05, 0) is 25.1 Å². The van der Waals surface area contributed by atoms with Crippen LogP contribution in [0, 0.1) is 6.92 Å². The molecule has 1 N–H and O–H groups in total. The number of hydrogen-bond donors (Lipinski definition) is 1. The number of amides is 1. The average molecular weight is 490 g/mol. The molecule has 0 aliphatic heterocycles. The first-order chi connectivity index (χ1) is 15.5. The molecule has 4 rings (SSSR count). The summed E-state index contributed by atoms with van der Waals surface area (Å²) in [6.45, 7) is 1.94. The van der Waals surface area contributed by atoms with E-state index >= 15 is 0 Å². The minimum absolute atomic E-state index is 0.120. The first-order valence-electron chi connectivity index (χ1n) is 9.38. The zero-order valence-electron chi connectivity index (χ0n) is 17.4. The predicted octanol–water partition coefficient (Wildman–Crippen LogP) is 4.30. The molecule has 0 saturated carbocycles. The first kappa shape index (κ1) is 22.2. The second-order valence-electron chi connectivity index (χ2n) is 6.44. The highest BCUT2D eigenvalue weighted by atomic mass is 32.2. The molecule has 32 heavy (non-hydrogen) atoms. The van der Waals surface area contributed by atoms with Crippen LogP contribution in [0.1, 0.15) is 16.6 Å². The van der Waals surface area contributed by atoms with E-state index in [9.17, 15) is 4.79 Å². The van der Waals surface area contributed by atoms with E-state index in [2.05, 4.69) is 25.5 Å². The van der Waals surface area contributed by atoms with Crippen LogP contribution >= 0.6 is 34.4 Å². The van der Waals surface area contributed by atoms with Crippen molar-refractivity contribution in [3.8, 4) is 22.8 Å². The Labute approximate surface area is 196 Å². The van der Waals surface area contributed by atoms with Gasteiger partial charge in [0.2, 0.25) is 11.8 Å². The molecule has 0 unspecified atom stereocenters. The van der Waals surface area contributed by atoms with E-state index in [-0.39, 0.29) is 11.7 Å². The lowest BCUT2D eigenvalue weighted by Gasteiger charge is -2.08. The number of anilines is 1. The molecular formula is C20H19N5O4S3. The molecule has 0 radical (unpaired) electrons. The molecule has 3 heterocycles. The lowest BCUT2D eigenvalue weighted by Crippen LogP contribution is -2.13. The number of aryl methyl sites for hydroxylation is 1. The topological polar surface area (TPSA) is 112 Å². The van der Waals surface area contributed by atoms with Crippen molar-refractivity contribution in [1.82, 2.24) is 20.2 Å². The van der Waals surface area contributed by atoms with Gasteiger partial charge in [0.15, 0.2) is 5.13 Å². The van der Waals surface area contributed by atoms with Gasteiger partial charge in [0, 0.05) is 16.3 Å². The van der Waals surface area contributed by atoms with Crippen molar-refractivity contribution in [3.05, 3.63) is 45.6 Å². The van der Waals surface area contributed by atoms with Crippen molar-refractivity contribution in [2.45, 2.75) is 18.6 Å². The molecule has 0 atom stereocenters. The fourth-order valence-electron chi connectivity index (χ4n) is 2.76. The van der Waals surface area contributed by atoms with Crippen molar-refractivity contribution in [1.29, 1.82) is 0 Å². The Bertz CT molecular complexity index is 1220. The Balaban J connectivity index is 1.33. The van der Waals surface area contributed by atoms with Gasteiger partial charge in [-0.25, -0.2) is 9.97 Å². The van der Waals surface area contributed by atoms with Gasteiger partial charge in [0.25, 0.3) is 5.22 Å². The Hall–Kier alpha value is -2.96. The number of carbonyl (C=O) groups is 1. The van der Waals surface area contributed by atoms with Crippen LogP contribution < -0.4 is 14.8 Å². The number of nitrogens with zero attached hydrogens (tertiary/aromatic N) is 4. The number of thiazole rings is 2. The zero-order chi connectivity index (χ0) is 22.5. The van der Waals surface area contributed by atoms with Gasteiger partial charge in [0.1, 0.15) is 11.5 Å². The second-order valence-corrected chi connectivity index (χ2v) is 9.28. The van der Waals surface area contributed by atoms with Gasteiger partial charge in [0.05, 0.1) is 42.8 Å². The number of aromatic nitrogens is 4. The molecule has 166 valence electrons. The molecule has 0 fully saturated rings. The van der Waals surface area contributed by atoms with Crippen LogP contribution in [0.2, 0.25) is 0 Å². The number of nitrogens with one attached hydrogen (secondary N) is 1. The summed E-state index contributed by atoms with van der Waals surface area (Å²) in [7, 11) is 3.20. The van der Waals surface area contributed by atoms with Gasteiger partial charge in [-0.1, -0.05) is 11.8 Å². The number of hydrogen-bond acceptors (Lipinski definition) is 11. The van der Waals surface area contributed by atoms with E-state index in [4.69, 9.17) is 13.9 Å². The van der Waals surface area contributed by atoms with Crippen molar-refractivity contribution in [2.24, 2.45) is 0 Å². The number of methoxy groups -OCH3 is 2. The molecular weight excluding hydrogens is 470 g/mol. The third-order valence-electron chi connectivity index (χ3n) is 4.21. The molecule has 0 aliphatic rings. The molecule has 12 heteroatoms. The third kappa shape index (κ3) is 5.44. The van der Waals surface area contributed by atoms with Crippen LogP contribution in [-0.2, 0) is 11.2 Å². The monoisotopic (exact) mass is 489 g/mol. The van der Waals surface area contributed by atoms with Gasteiger partial charge in [-0.3, -0.25) is 4.79 Å². The predicted molar refractivity (Wildman–Crippen MR) is 124 cm³/mol. The Morgan fingerprint density at radius 3 is 2.78 bits per heavy atom. The van der Waals surface area contributed by atoms with E-state index in [0.29, 0.717) is 39.9 Å². The van der Waals surface area contributed by atoms with Crippen LogP contribution in [-0.4, -0.2) is 46.0 Å². The maximum atomic E-state index is 12.3. The standard InChI is InChI=1S/C20H19N5O4S3/c1-11-21-12(8-30-11)6-18-24-25-20(29-18)32-10-17(26)23-19-22-15(9-31-19)14-7-13(27-2)4-5-16(14)28-3/h4-5,7-9H,6,10H2,1-3H3,(H,22,23,26). The Morgan fingerprint density at radius 1 is 1.16 bits per heavy atom. The highest BCUT2D eigenvalue weighted by molar-refractivity contribution is 7.99. The average Bonchev–Trinajstić information content (AvgIpc) is 3.54. The van der Waals surface area contributed by atoms with Crippen LogP contribution in [0.25, 0.3) is 11.3 Å². The van der Waals surface area contributed by atoms with Crippen molar-refractivity contribution in [3.63, 3.8) is 0 Å². The summed E-state index contributed by atoms with van der Waals surface area (Å²) in [4.78, 5) is 21.2. The van der Waals surface area contributed by atoms with Crippen LogP contribution in [0.3, 0.4) is 0 Å². The molecule has 0 bridgehead atoms. The van der Waals surface area contributed by atoms with E-state index < -0.39 is 0 Å². The molecule has 1 aromatic carbocycles. The van der Waals surface area contributed by atoms with Crippen molar-refractivity contribution < 1.29 is 18.7 Å². The van der Waals surface area contributed by atoms with Crippen LogP contribution in [0.15, 0.2) is 38.6 Å². The summed E-state index contributed by atoms with van der Waals surface area (Å²) in [5.41, 5.74) is 2.36. The van der Waals surface area contributed by atoms with Gasteiger partial charge in [-0.2, -0.15) is 0 Å². The normalized spacial score (nSPS) is 10.8. The Morgan fingerprint density at radius 2 is 2.03 bits per heavy atom. The summed E-state index contributed by atoms with van der Waals surface area (Å²) in [5, 5.41) is 16.4. The van der Waals surface area contributed by atoms with Crippen LogP contribution in [0.5, 0.6) is 11.5 Å². The largest absolute Gasteiger partial charge is 0.497 e. The number of rotatable bonds is 9.